The van der Waals surface area contributed by atoms with E-state index in [9.17, 15) is 4.79 Å². The van der Waals surface area contributed by atoms with Crippen LogP contribution >= 0.6 is 34.8 Å². The van der Waals surface area contributed by atoms with E-state index in [0.717, 1.165) is 19.4 Å². The summed E-state index contributed by atoms with van der Waals surface area (Å²) in [5.41, 5.74) is 0. The molecule has 1 unspecified atom stereocenters. The first-order valence-corrected chi connectivity index (χ1v) is 5.34. The van der Waals surface area contributed by atoms with E-state index in [1.165, 1.54) is 0 Å². The first kappa shape index (κ1) is 11.6. The van der Waals surface area contributed by atoms with Crippen molar-refractivity contribution in [2.45, 2.75) is 16.6 Å². The second kappa shape index (κ2) is 4.35. The zero-order valence-electron chi connectivity index (χ0n) is 7.40. The molecule has 0 aromatic rings. The van der Waals surface area contributed by atoms with Crippen molar-refractivity contribution in [1.29, 1.82) is 0 Å². The lowest BCUT2D eigenvalue weighted by Gasteiger charge is -2.30. The number of ketones is 1. The van der Waals surface area contributed by atoms with E-state index >= 15 is 0 Å². The quantitative estimate of drug-likeness (QED) is 0.660. The van der Waals surface area contributed by atoms with Crippen LogP contribution in [0.2, 0.25) is 0 Å². The fourth-order valence-corrected chi connectivity index (χ4v) is 2.07. The van der Waals surface area contributed by atoms with E-state index in [0.29, 0.717) is 6.54 Å². The molecule has 0 saturated carbocycles. The third kappa shape index (κ3) is 3.28. The molecular weight excluding hydrogens is 232 g/mol. The molecule has 1 rings (SSSR count). The van der Waals surface area contributed by atoms with Gasteiger partial charge in [-0.1, -0.05) is 34.8 Å². The Bertz CT molecular complexity index is 202. The average molecular weight is 245 g/mol. The fraction of sp³-hybridized carbons (Fsp3) is 0.875. The third-order valence-electron chi connectivity index (χ3n) is 2.27. The Morgan fingerprint density at radius 1 is 1.46 bits per heavy atom. The summed E-state index contributed by atoms with van der Waals surface area (Å²) >= 11 is 16.6. The molecule has 0 N–H and O–H groups in total. The number of carbonyl (C=O) groups is 1. The van der Waals surface area contributed by atoms with E-state index in [-0.39, 0.29) is 11.7 Å². The van der Waals surface area contributed by atoms with Gasteiger partial charge in [-0.15, -0.1) is 0 Å². The van der Waals surface area contributed by atoms with Crippen LogP contribution in [0.3, 0.4) is 0 Å². The normalized spacial score (nSPS) is 26.0. The van der Waals surface area contributed by atoms with E-state index in [1.807, 2.05) is 7.05 Å². The summed E-state index contributed by atoms with van der Waals surface area (Å²) in [7, 11) is 1.97. The molecule has 0 spiro atoms. The van der Waals surface area contributed by atoms with Gasteiger partial charge in [-0.3, -0.25) is 4.79 Å². The molecule has 1 aliphatic rings. The molecule has 0 amide bonds. The zero-order valence-corrected chi connectivity index (χ0v) is 9.66. The summed E-state index contributed by atoms with van der Waals surface area (Å²) in [6.07, 6.45) is 1.82. The molecule has 0 aromatic heterocycles. The third-order valence-corrected chi connectivity index (χ3v) is 2.83. The first-order valence-electron chi connectivity index (χ1n) is 4.21. The number of rotatable bonds is 1. The second-order valence-electron chi connectivity index (χ2n) is 3.46. The van der Waals surface area contributed by atoms with Crippen LogP contribution in [-0.4, -0.2) is 34.6 Å². The van der Waals surface area contributed by atoms with Gasteiger partial charge < -0.3 is 4.90 Å². The molecule has 0 bridgehead atoms. The number of nitrogens with zero attached hydrogens (tertiary/aromatic N) is 1. The van der Waals surface area contributed by atoms with Crippen molar-refractivity contribution in [2.75, 3.05) is 20.1 Å². The van der Waals surface area contributed by atoms with Gasteiger partial charge in [0.25, 0.3) is 0 Å². The minimum atomic E-state index is -1.75. The van der Waals surface area contributed by atoms with Crippen molar-refractivity contribution in [3.8, 4) is 0 Å². The van der Waals surface area contributed by atoms with Gasteiger partial charge in [-0.25, -0.2) is 0 Å². The van der Waals surface area contributed by atoms with Gasteiger partial charge in [-0.2, -0.15) is 0 Å². The summed E-state index contributed by atoms with van der Waals surface area (Å²) in [4.78, 5) is 13.6. The van der Waals surface area contributed by atoms with Crippen molar-refractivity contribution in [2.24, 2.45) is 5.92 Å². The van der Waals surface area contributed by atoms with Crippen LogP contribution in [0.1, 0.15) is 12.8 Å². The lowest BCUT2D eigenvalue weighted by Crippen LogP contribution is -2.40. The maximum atomic E-state index is 11.5. The van der Waals surface area contributed by atoms with Gasteiger partial charge in [0.1, 0.15) is 0 Å². The van der Waals surface area contributed by atoms with Gasteiger partial charge in [-0.05, 0) is 26.4 Å². The number of Topliss-reactive ketones (excluding diaryl/α,β-unsaturated/α-hetero) is 1. The Kier molecular flexibility index (Phi) is 3.87. The van der Waals surface area contributed by atoms with Crippen LogP contribution in [0.4, 0.5) is 0 Å². The van der Waals surface area contributed by atoms with Crippen LogP contribution in [-0.2, 0) is 4.79 Å². The minimum Gasteiger partial charge on any atom is -0.306 e. The Labute approximate surface area is 93.1 Å². The molecule has 0 radical (unpaired) electrons. The van der Waals surface area contributed by atoms with Gasteiger partial charge in [0.2, 0.25) is 3.79 Å². The highest BCUT2D eigenvalue weighted by Crippen LogP contribution is 2.32. The van der Waals surface area contributed by atoms with Crippen LogP contribution in [0, 0.1) is 5.92 Å². The minimum absolute atomic E-state index is 0.119. The molecule has 1 saturated heterocycles. The van der Waals surface area contributed by atoms with Crippen LogP contribution in [0.25, 0.3) is 0 Å². The summed E-state index contributed by atoms with van der Waals surface area (Å²) in [5.74, 6) is -0.393. The first-order chi connectivity index (χ1) is 5.91. The summed E-state index contributed by atoms with van der Waals surface area (Å²) < 4.78 is -1.75. The van der Waals surface area contributed by atoms with Gasteiger partial charge in [0.15, 0.2) is 5.78 Å². The molecule has 5 heteroatoms. The number of hydrogen-bond donors (Lipinski definition) is 0. The average Bonchev–Trinajstić information content (AvgIpc) is 2.01. The monoisotopic (exact) mass is 243 g/mol. The maximum Gasteiger partial charge on any atom is 0.249 e. The van der Waals surface area contributed by atoms with E-state index in [1.54, 1.807) is 0 Å². The molecule has 0 aliphatic carbocycles. The lowest BCUT2D eigenvalue weighted by molar-refractivity contribution is -0.123. The zero-order chi connectivity index (χ0) is 10.1. The number of alkyl halides is 3. The lowest BCUT2D eigenvalue weighted by atomic mass is 9.95. The Hall–Kier alpha value is 0.500. The Morgan fingerprint density at radius 2 is 2.08 bits per heavy atom. The molecule has 0 aromatic carbocycles. The molecule has 1 aliphatic heterocycles. The number of hydrogen-bond acceptors (Lipinski definition) is 2. The SMILES string of the molecule is CN1CCCC(C(=O)C(Cl)(Cl)Cl)C1. The highest BCUT2D eigenvalue weighted by Gasteiger charge is 2.37. The number of piperidine rings is 1. The molecule has 1 fully saturated rings. The molecular formula is C8H12Cl3NO. The topological polar surface area (TPSA) is 20.3 Å². The Balaban J connectivity index is 2.56. The smallest absolute Gasteiger partial charge is 0.249 e. The standard InChI is InChI=1S/C8H12Cl3NO/c1-12-4-2-3-6(5-12)7(13)8(9,10)11/h6H,2-5H2,1H3. The predicted molar refractivity (Wildman–Crippen MR) is 55.5 cm³/mol. The van der Waals surface area contributed by atoms with Gasteiger partial charge in [0, 0.05) is 12.5 Å². The van der Waals surface area contributed by atoms with Crippen LogP contribution in [0.5, 0.6) is 0 Å². The van der Waals surface area contributed by atoms with E-state index in [2.05, 4.69) is 4.90 Å². The molecule has 13 heavy (non-hydrogen) atoms. The highest BCUT2D eigenvalue weighted by atomic mass is 35.6. The Morgan fingerprint density at radius 3 is 2.54 bits per heavy atom. The van der Waals surface area contributed by atoms with E-state index in [4.69, 9.17) is 34.8 Å². The van der Waals surface area contributed by atoms with Gasteiger partial charge >= 0.3 is 0 Å². The van der Waals surface area contributed by atoms with Gasteiger partial charge in [0.05, 0.1) is 0 Å². The van der Waals surface area contributed by atoms with Crippen LogP contribution < -0.4 is 0 Å². The fourth-order valence-electron chi connectivity index (χ4n) is 1.61. The summed E-state index contributed by atoms with van der Waals surface area (Å²) in [6.45, 7) is 1.72. The molecule has 1 heterocycles. The van der Waals surface area contributed by atoms with Crippen molar-refractivity contribution in [1.82, 2.24) is 4.90 Å². The largest absolute Gasteiger partial charge is 0.306 e. The van der Waals surface area contributed by atoms with E-state index < -0.39 is 3.79 Å². The predicted octanol–water partition coefficient (Wildman–Crippen LogP) is 2.27. The highest BCUT2D eigenvalue weighted by molar-refractivity contribution is 6.76. The molecule has 2 nitrogen and oxygen atoms in total. The summed E-state index contributed by atoms with van der Waals surface area (Å²) in [5, 5.41) is 0. The van der Waals surface area contributed by atoms with Crippen molar-refractivity contribution < 1.29 is 4.79 Å². The van der Waals surface area contributed by atoms with Crippen molar-refractivity contribution in [3.63, 3.8) is 0 Å². The number of likely N-dealkylation sites (tertiary alicyclic amines) is 1. The van der Waals surface area contributed by atoms with Crippen molar-refractivity contribution in [3.05, 3.63) is 0 Å². The molecule has 1 atom stereocenters. The van der Waals surface area contributed by atoms with Crippen LogP contribution in [0.15, 0.2) is 0 Å². The second-order valence-corrected chi connectivity index (χ2v) is 5.74. The molecule has 76 valence electrons. The number of halogens is 3. The van der Waals surface area contributed by atoms with Crippen molar-refractivity contribution >= 4 is 40.6 Å². The number of carbonyl (C=O) groups excluding carboxylic acids is 1. The maximum absolute atomic E-state index is 11.5. The summed E-state index contributed by atoms with van der Waals surface area (Å²) in [6, 6.07) is 0.